The van der Waals surface area contributed by atoms with Gasteiger partial charge in [-0.2, -0.15) is 0 Å². The molecule has 0 spiro atoms. The second kappa shape index (κ2) is 6.01. The highest BCUT2D eigenvalue weighted by molar-refractivity contribution is 7.15. The van der Waals surface area contributed by atoms with E-state index in [4.69, 9.17) is 5.11 Å². The maximum absolute atomic E-state index is 11.8. The van der Waals surface area contributed by atoms with E-state index < -0.39 is 17.5 Å². The zero-order valence-electron chi connectivity index (χ0n) is 11.5. The number of hydrogen-bond acceptors (Lipinski definition) is 4. The lowest BCUT2D eigenvalue weighted by atomic mass is 10.0. The lowest BCUT2D eigenvalue weighted by Gasteiger charge is -2.23. The van der Waals surface area contributed by atoms with Crippen molar-refractivity contribution in [3.05, 3.63) is 10.6 Å². The van der Waals surface area contributed by atoms with Crippen LogP contribution in [0, 0.1) is 6.92 Å². The number of aliphatic carboxylic acids is 1. The van der Waals surface area contributed by atoms with E-state index in [-0.39, 0.29) is 6.42 Å². The molecule has 0 aliphatic heterocycles. The Kier molecular flexibility index (Phi) is 4.88. The molecule has 6 nitrogen and oxygen atoms in total. The van der Waals surface area contributed by atoms with E-state index in [1.165, 1.54) is 11.3 Å². The Bertz CT molecular complexity index is 483. The molecular weight excluding hydrogens is 266 g/mol. The van der Waals surface area contributed by atoms with Gasteiger partial charge in [0.1, 0.15) is 0 Å². The summed E-state index contributed by atoms with van der Waals surface area (Å²) in [7, 11) is 0. The Balaban J connectivity index is 2.62. The fourth-order valence-corrected chi connectivity index (χ4v) is 2.56. The fourth-order valence-electron chi connectivity index (χ4n) is 1.67. The van der Waals surface area contributed by atoms with Crippen molar-refractivity contribution >= 4 is 28.5 Å². The number of anilines is 1. The second-order valence-corrected chi connectivity index (χ2v) is 6.11. The first-order valence-corrected chi connectivity index (χ1v) is 6.82. The highest BCUT2D eigenvalue weighted by atomic mass is 32.1. The standard InChI is InChI=1S/C12H19N3O3S/c1-5-8-7(2)19-11(13-8)14-10(18)15-12(3,4)6-9(16)17/h5-6H2,1-4H3,(H,16,17)(H2,13,14,15,18). The van der Waals surface area contributed by atoms with Crippen LogP contribution in [-0.2, 0) is 11.2 Å². The van der Waals surface area contributed by atoms with Crippen LogP contribution in [0.3, 0.4) is 0 Å². The number of aryl methyl sites for hydroxylation is 2. The molecule has 0 saturated heterocycles. The van der Waals surface area contributed by atoms with Crippen molar-refractivity contribution in [2.75, 3.05) is 5.32 Å². The summed E-state index contributed by atoms with van der Waals surface area (Å²) in [4.78, 5) is 27.8. The van der Waals surface area contributed by atoms with E-state index in [1.54, 1.807) is 13.8 Å². The minimum absolute atomic E-state index is 0.141. The molecule has 0 radical (unpaired) electrons. The summed E-state index contributed by atoms with van der Waals surface area (Å²) >= 11 is 1.41. The average Bonchev–Trinajstić information content (AvgIpc) is 2.54. The molecule has 0 aromatic carbocycles. The molecule has 0 aliphatic carbocycles. The highest BCUT2D eigenvalue weighted by Crippen LogP contribution is 2.22. The maximum Gasteiger partial charge on any atom is 0.321 e. The third kappa shape index (κ3) is 4.86. The first-order valence-electron chi connectivity index (χ1n) is 6.01. The summed E-state index contributed by atoms with van der Waals surface area (Å²) in [6, 6.07) is -0.442. The van der Waals surface area contributed by atoms with Gasteiger partial charge in [-0.1, -0.05) is 6.92 Å². The van der Waals surface area contributed by atoms with Crippen molar-refractivity contribution in [1.82, 2.24) is 10.3 Å². The van der Waals surface area contributed by atoms with E-state index in [0.717, 1.165) is 17.0 Å². The SMILES string of the molecule is CCc1nc(NC(=O)NC(C)(C)CC(=O)O)sc1C. The summed E-state index contributed by atoms with van der Waals surface area (Å²) in [5.74, 6) is -0.955. The van der Waals surface area contributed by atoms with Gasteiger partial charge in [0, 0.05) is 10.4 Å². The first kappa shape index (κ1) is 15.4. The number of urea groups is 1. The minimum atomic E-state index is -0.955. The van der Waals surface area contributed by atoms with Gasteiger partial charge in [-0.3, -0.25) is 10.1 Å². The van der Waals surface area contributed by atoms with E-state index >= 15 is 0 Å². The lowest BCUT2D eigenvalue weighted by Crippen LogP contribution is -2.46. The van der Waals surface area contributed by atoms with Gasteiger partial charge in [0.15, 0.2) is 5.13 Å². The quantitative estimate of drug-likeness (QED) is 0.774. The molecule has 1 aromatic heterocycles. The number of nitrogens with one attached hydrogen (secondary N) is 2. The maximum atomic E-state index is 11.8. The Hall–Kier alpha value is -1.63. The normalized spacial score (nSPS) is 11.2. The van der Waals surface area contributed by atoms with Crippen molar-refractivity contribution in [1.29, 1.82) is 0 Å². The van der Waals surface area contributed by atoms with Gasteiger partial charge in [0.2, 0.25) is 0 Å². The molecule has 0 atom stereocenters. The van der Waals surface area contributed by atoms with Crippen molar-refractivity contribution in [3.63, 3.8) is 0 Å². The molecule has 0 unspecified atom stereocenters. The number of thiazole rings is 1. The number of amides is 2. The molecule has 2 amide bonds. The Morgan fingerprint density at radius 3 is 2.53 bits per heavy atom. The van der Waals surface area contributed by atoms with Crippen molar-refractivity contribution in [2.24, 2.45) is 0 Å². The summed E-state index contributed by atoms with van der Waals surface area (Å²) < 4.78 is 0. The molecule has 1 heterocycles. The number of rotatable bonds is 5. The molecule has 0 saturated carbocycles. The van der Waals surface area contributed by atoms with E-state index in [2.05, 4.69) is 15.6 Å². The van der Waals surface area contributed by atoms with E-state index in [1.807, 2.05) is 13.8 Å². The summed E-state index contributed by atoms with van der Waals surface area (Å²) in [6.07, 6.45) is 0.674. The fraction of sp³-hybridized carbons (Fsp3) is 0.583. The van der Waals surface area contributed by atoms with Gasteiger partial charge in [-0.25, -0.2) is 9.78 Å². The minimum Gasteiger partial charge on any atom is -0.481 e. The molecule has 0 bridgehead atoms. The van der Waals surface area contributed by atoms with Crippen LogP contribution in [0.4, 0.5) is 9.93 Å². The van der Waals surface area contributed by atoms with Crippen LogP contribution in [0.2, 0.25) is 0 Å². The third-order valence-corrected chi connectivity index (χ3v) is 3.42. The number of carbonyl (C=O) groups excluding carboxylic acids is 1. The first-order chi connectivity index (χ1) is 8.73. The third-order valence-electron chi connectivity index (χ3n) is 2.49. The predicted molar refractivity (Wildman–Crippen MR) is 74.7 cm³/mol. The molecule has 1 rings (SSSR count). The highest BCUT2D eigenvalue weighted by Gasteiger charge is 2.24. The topological polar surface area (TPSA) is 91.3 Å². The van der Waals surface area contributed by atoms with Gasteiger partial charge >= 0.3 is 12.0 Å². The zero-order valence-corrected chi connectivity index (χ0v) is 12.3. The second-order valence-electron chi connectivity index (χ2n) is 4.91. The largest absolute Gasteiger partial charge is 0.481 e. The molecule has 1 aromatic rings. The van der Waals surface area contributed by atoms with Gasteiger partial charge in [-0.15, -0.1) is 11.3 Å². The van der Waals surface area contributed by atoms with Crippen LogP contribution in [0.1, 0.15) is 37.8 Å². The molecule has 0 aliphatic rings. The summed E-state index contributed by atoms with van der Waals surface area (Å²) in [5.41, 5.74) is 0.153. The molecule has 7 heteroatoms. The van der Waals surface area contributed by atoms with E-state index in [9.17, 15) is 9.59 Å². The van der Waals surface area contributed by atoms with Gasteiger partial charge < -0.3 is 10.4 Å². The smallest absolute Gasteiger partial charge is 0.321 e. The van der Waals surface area contributed by atoms with Gasteiger partial charge in [0.25, 0.3) is 0 Å². The van der Waals surface area contributed by atoms with Crippen LogP contribution < -0.4 is 10.6 Å². The molecule has 0 fully saturated rings. The molecule has 106 valence electrons. The number of aromatic nitrogens is 1. The predicted octanol–water partition coefficient (Wildman–Crippen LogP) is 2.39. The Morgan fingerprint density at radius 2 is 2.05 bits per heavy atom. The summed E-state index contributed by atoms with van der Waals surface area (Å²) in [6.45, 7) is 7.27. The molecule has 19 heavy (non-hydrogen) atoms. The molecule has 3 N–H and O–H groups in total. The van der Waals surface area contributed by atoms with Crippen LogP contribution in [0.25, 0.3) is 0 Å². The lowest BCUT2D eigenvalue weighted by molar-refractivity contribution is -0.138. The van der Waals surface area contributed by atoms with Crippen LogP contribution in [-0.4, -0.2) is 27.6 Å². The number of carbonyl (C=O) groups is 2. The number of carboxylic acid groups (broad SMARTS) is 1. The zero-order chi connectivity index (χ0) is 14.6. The van der Waals surface area contributed by atoms with Crippen LogP contribution in [0.5, 0.6) is 0 Å². The van der Waals surface area contributed by atoms with Gasteiger partial charge in [-0.05, 0) is 27.2 Å². The van der Waals surface area contributed by atoms with Crippen molar-refractivity contribution in [2.45, 2.75) is 46.1 Å². The van der Waals surface area contributed by atoms with Gasteiger partial charge in [0.05, 0.1) is 12.1 Å². The van der Waals surface area contributed by atoms with Crippen molar-refractivity contribution < 1.29 is 14.7 Å². The Morgan fingerprint density at radius 1 is 1.42 bits per heavy atom. The molecular formula is C12H19N3O3S. The van der Waals surface area contributed by atoms with E-state index in [0.29, 0.717) is 5.13 Å². The monoisotopic (exact) mass is 285 g/mol. The van der Waals surface area contributed by atoms with Crippen LogP contribution >= 0.6 is 11.3 Å². The van der Waals surface area contributed by atoms with Crippen LogP contribution in [0.15, 0.2) is 0 Å². The Labute approximate surface area is 116 Å². The number of nitrogens with zero attached hydrogens (tertiary/aromatic N) is 1. The summed E-state index contributed by atoms with van der Waals surface area (Å²) in [5, 5.41) is 14.5. The number of hydrogen-bond donors (Lipinski definition) is 3. The number of carboxylic acids is 1. The average molecular weight is 285 g/mol. The van der Waals surface area contributed by atoms with Crippen molar-refractivity contribution in [3.8, 4) is 0 Å².